The number of nitrogens with one attached hydrogen (secondary N) is 1. The molecule has 2 aliphatic rings. The molecule has 0 aromatic heterocycles. The van der Waals surface area contributed by atoms with Gasteiger partial charge in [-0.25, -0.2) is 4.39 Å². The molecule has 126 valence electrons. The van der Waals surface area contributed by atoms with Gasteiger partial charge in [0.15, 0.2) is 0 Å². The van der Waals surface area contributed by atoms with Gasteiger partial charge in [-0.2, -0.15) is 0 Å². The SMILES string of the molecule is CN1CCO[C@H](C(=O)N[C@@H]2CCO[C@H]2c2ccc(Cl)c(F)c2)C1. The number of hydrogen-bond acceptors (Lipinski definition) is 4. The molecule has 0 unspecified atom stereocenters. The first-order chi connectivity index (χ1) is 11.0. The number of likely N-dealkylation sites (N-methyl/N-ethyl adjacent to an activating group) is 1. The zero-order valence-corrected chi connectivity index (χ0v) is 13.7. The Labute approximate surface area is 139 Å². The predicted octanol–water partition coefficient (Wildman–Crippen LogP) is 1.76. The maximum Gasteiger partial charge on any atom is 0.250 e. The van der Waals surface area contributed by atoms with Crippen LogP contribution in [0.15, 0.2) is 18.2 Å². The van der Waals surface area contributed by atoms with E-state index in [4.69, 9.17) is 21.1 Å². The molecule has 2 saturated heterocycles. The van der Waals surface area contributed by atoms with Gasteiger partial charge in [0.05, 0.1) is 17.7 Å². The molecule has 2 heterocycles. The second-order valence-corrected chi connectivity index (χ2v) is 6.40. The molecule has 0 radical (unpaired) electrons. The third-order valence-electron chi connectivity index (χ3n) is 4.25. The molecule has 5 nitrogen and oxygen atoms in total. The average Bonchev–Trinajstić information content (AvgIpc) is 2.98. The lowest BCUT2D eigenvalue weighted by molar-refractivity contribution is -0.139. The second-order valence-electron chi connectivity index (χ2n) is 5.99. The molecule has 0 bridgehead atoms. The van der Waals surface area contributed by atoms with Gasteiger partial charge in [0.2, 0.25) is 0 Å². The summed E-state index contributed by atoms with van der Waals surface area (Å²) >= 11 is 5.72. The summed E-state index contributed by atoms with van der Waals surface area (Å²) < 4.78 is 24.9. The molecule has 2 aliphatic heterocycles. The minimum Gasteiger partial charge on any atom is -0.371 e. The van der Waals surface area contributed by atoms with Crippen molar-refractivity contribution < 1.29 is 18.7 Å². The van der Waals surface area contributed by atoms with Gasteiger partial charge in [-0.3, -0.25) is 4.79 Å². The number of halogens is 2. The van der Waals surface area contributed by atoms with E-state index in [0.29, 0.717) is 31.7 Å². The van der Waals surface area contributed by atoms with Crippen molar-refractivity contribution in [3.8, 4) is 0 Å². The molecule has 2 fully saturated rings. The highest BCUT2D eigenvalue weighted by Gasteiger charge is 2.34. The Morgan fingerprint density at radius 3 is 2.96 bits per heavy atom. The van der Waals surface area contributed by atoms with E-state index in [-0.39, 0.29) is 23.1 Å². The first-order valence-corrected chi connectivity index (χ1v) is 8.09. The Morgan fingerprint density at radius 1 is 1.39 bits per heavy atom. The quantitative estimate of drug-likeness (QED) is 0.909. The van der Waals surface area contributed by atoms with E-state index in [1.165, 1.54) is 12.1 Å². The van der Waals surface area contributed by atoms with Crippen molar-refractivity contribution in [1.82, 2.24) is 10.2 Å². The summed E-state index contributed by atoms with van der Waals surface area (Å²) in [6.07, 6.45) is -0.160. The Bertz CT molecular complexity index is 586. The first kappa shape index (κ1) is 16.6. The predicted molar refractivity (Wildman–Crippen MR) is 83.9 cm³/mol. The van der Waals surface area contributed by atoms with Crippen molar-refractivity contribution in [2.24, 2.45) is 0 Å². The van der Waals surface area contributed by atoms with Crippen LogP contribution in [0.25, 0.3) is 0 Å². The summed E-state index contributed by atoms with van der Waals surface area (Å²) in [6.45, 7) is 2.45. The summed E-state index contributed by atoms with van der Waals surface area (Å²) in [4.78, 5) is 14.4. The van der Waals surface area contributed by atoms with E-state index in [1.54, 1.807) is 6.07 Å². The number of ether oxygens (including phenoxy) is 2. The summed E-state index contributed by atoms with van der Waals surface area (Å²) in [6, 6.07) is 4.40. The Hall–Kier alpha value is -1.21. The normalized spacial score (nSPS) is 28.7. The summed E-state index contributed by atoms with van der Waals surface area (Å²) in [5.41, 5.74) is 0.677. The number of nitrogens with zero attached hydrogens (tertiary/aromatic N) is 1. The fraction of sp³-hybridized carbons (Fsp3) is 0.562. The maximum absolute atomic E-state index is 13.7. The van der Waals surface area contributed by atoms with E-state index in [9.17, 15) is 9.18 Å². The molecular weight excluding hydrogens is 323 g/mol. The van der Waals surface area contributed by atoms with Crippen molar-refractivity contribution in [1.29, 1.82) is 0 Å². The lowest BCUT2D eigenvalue weighted by Crippen LogP contribution is -2.51. The number of hydrogen-bond donors (Lipinski definition) is 1. The number of amides is 1. The van der Waals surface area contributed by atoms with E-state index in [1.807, 2.05) is 7.05 Å². The Kier molecular flexibility index (Phi) is 5.16. The van der Waals surface area contributed by atoms with Crippen LogP contribution in [-0.4, -0.2) is 56.3 Å². The smallest absolute Gasteiger partial charge is 0.250 e. The minimum absolute atomic E-state index is 0.0750. The van der Waals surface area contributed by atoms with Crippen LogP contribution in [0, 0.1) is 5.82 Å². The van der Waals surface area contributed by atoms with Gasteiger partial charge in [-0.1, -0.05) is 17.7 Å². The van der Waals surface area contributed by atoms with E-state index in [2.05, 4.69) is 10.2 Å². The molecule has 3 rings (SSSR count). The highest BCUT2D eigenvalue weighted by molar-refractivity contribution is 6.30. The number of rotatable bonds is 3. The van der Waals surface area contributed by atoms with E-state index < -0.39 is 11.9 Å². The second kappa shape index (κ2) is 7.13. The lowest BCUT2D eigenvalue weighted by Gasteiger charge is -2.30. The molecule has 7 heteroatoms. The summed E-state index contributed by atoms with van der Waals surface area (Å²) in [5.74, 6) is -0.631. The van der Waals surface area contributed by atoms with Gasteiger partial charge in [0, 0.05) is 19.7 Å². The Morgan fingerprint density at radius 2 is 2.22 bits per heavy atom. The average molecular weight is 343 g/mol. The topological polar surface area (TPSA) is 50.8 Å². The van der Waals surface area contributed by atoms with Crippen molar-refractivity contribution >= 4 is 17.5 Å². The van der Waals surface area contributed by atoms with E-state index >= 15 is 0 Å². The molecule has 0 saturated carbocycles. The third-order valence-corrected chi connectivity index (χ3v) is 4.56. The van der Waals surface area contributed by atoms with Crippen molar-refractivity contribution in [3.63, 3.8) is 0 Å². The van der Waals surface area contributed by atoms with Crippen LogP contribution in [0.3, 0.4) is 0 Å². The Balaban J connectivity index is 1.66. The van der Waals surface area contributed by atoms with Crippen LogP contribution < -0.4 is 5.32 Å². The molecule has 1 aromatic carbocycles. The number of morpholine rings is 1. The monoisotopic (exact) mass is 342 g/mol. The molecule has 0 spiro atoms. The molecule has 3 atom stereocenters. The van der Waals surface area contributed by atoms with Crippen LogP contribution in [0.5, 0.6) is 0 Å². The first-order valence-electron chi connectivity index (χ1n) is 7.71. The largest absolute Gasteiger partial charge is 0.371 e. The number of carbonyl (C=O) groups excluding carboxylic acids is 1. The van der Waals surface area contributed by atoms with Gasteiger partial charge in [-0.05, 0) is 31.2 Å². The zero-order valence-electron chi connectivity index (χ0n) is 12.9. The van der Waals surface area contributed by atoms with Crippen molar-refractivity contribution in [2.75, 3.05) is 33.4 Å². The van der Waals surface area contributed by atoms with E-state index in [0.717, 1.165) is 6.54 Å². The van der Waals surface area contributed by atoms with Gasteiger partial charge in [-0.15, -0.1) is 0 Å². The number of benzene rings is 1. The van der Waals surface area contributed by atoms with Crippen LogP contribution in [-0.2, 0) is 14.3 Å². The maximum atomic E-state index is 13.7. The van der Waals surface area contributed by atoms with Crippen LogP contribution >= 0.6 is 11.6 Å². The van der Waals surface area contributed by atoms with Gasteiger partial charge in [0.25, 0.3) is 5.91 Å². The molecule has 0 aliphatic carbocycles. The van der Waals surface area contributed by atoms with Crippen LogP contribution in [0.1, 0.15) is 18.1 Å². The molecule has 1 amide bonds. The fourth-order valence-corrected chi connectivity index (χ4v) is 3.08. The van der Waals surface area contributed by atoms with Crippen LogP contribution in [0.2, 0.25) is 5.02 Å². The fourth-order valence-electron chi connectivity index (χ4n) is 2.97. The zero-order chi connectivity index (χ0) is 16.4. The molecule has 23 heavy (non-hydrogen) atoms. The molecule has 1 aromatic rings. The van der Waals surface area contributed by atoms with Crippen LogP contribution in [0.4, 0.5) is 4.39 Å². The van der Waals surface area contributed by atoms with Crippen molar-refractivity contribution in [2.45, 2.75) is 24.7 Å². The van der Waals surface area contributed by atoms with Crippen molar-refractivity contribution in [3.05, 3.63) is 34.6 Å². The standard InChI is InChI=1S/C16H20ClFN2O3/c1-20-5-7-22-14(9-20)16(21)19-13-4-6-23-15(13)10-2-3-11(17)12(18)8-10/h2-3,8,13-15H,4-7,9H2,1H3,(H,19,21)/t13-,14+,15+/m1/s1. The highest BCUT2D eigenvalue weighted by Crippen LogP contribution is 2.31. The van der Waals surface area contributed by atoms with Gasteiger partial charge in [0.1, 0.15) is 18.0 Å². The third kappa shape index (κ3) is 3.83. The highest BCUT2D eigenvalue weighted by atomic mass is 35.5. The molecule has 1 N–H and O–H groups in total. The van der Waals surface area contributed by atoms with Gasteiger partial charge >= 0.3 is 0 Å². The summed E-state index contributed by atoms with van der Waals surface area (Å²) in [7, 11) is 1.96. The lowest BCUT2D eigenvalue weighted by atomic mass is 10.0. The summed E-state index contributed by atoms with van der Waals surface area (Å²) in [5, 5.41) is 3.06. The number of carbonyl (C=O) groups is 1. The van der Waals surface area contributed by atoms with Gasteiger partial charge < -0.3 is 19.7 Å². The molecular formula is C16H20ClFN2O3. The minimum atomic E-state index is -0.484.